The van der Waals surface area contributed by atoms with E-state index in [1.54, 1.807) is 18.2 Å². The molecule has 0 spiro atoms. The summed E-state index contributed by atoms with van der Waals surface area (Å²) in [5.41, 5.74) is 0.266. The Bertz CT molecular complexity index is 898. The molecule has 3 rings (SSSR count). The van der Waals surface area contributed by atoms with E-state index < -0.39 is 17.6 Å². The normalized spacial score (nSPS) is 26.3. The van der Waals surface area contributed by atoms with Gasteiger partial charge in [-0.3, -0.25) is 4.79 Å². The average Bonchev–Trinajstić information content (AvgIpc) is 2.84. The summed E-state index contributed by atoms with van der Waals surface area (Å²) in [5.74, 6) is -0.322. The van der Waals surface area contributed by atoms with E-state index >= 15 is 0 Å². The molecular formula is C27H31F4NO2. The quantitative estimate of drug-likeness (QED) is 0.174. The molecule has 0 aromatic heterocycles. The molecule has 0 N–H and O–H groups in total. The van der Waals surface area contributed by atoms with Crippen LogP contribution in [0.15, 0.2) is 48.3 Å². The van der Waals surface area contributed by atoms with Crippen molar-refractivity contribution in [1.82, 2.24) is 0 Å². The summed E-state index contributed by atoms with van der Waals surface area (Å²) in [6.45, 7) is 0. The lowest BCUT2D eigenvalue weighted by Gasteiger charge is -2.31. The first-order chi connectivity index (χ1) is 16.3. The number of allylic oxidation sites excluding steroid dienone is 4. The van der Waals surface area contributed by atoms with E-state index in [0.29, 0.717) is 18.8 Å². The highest BCUT2D eigenvalue weighted by Gasteiger charge is 2.33. The Balaban J connectivity index is 1.35. The standard InChI is InChI=1S/C27H31F4NO2/c28-24(18-32)5-3-1-2-4-19-6-16-25(17-7-19)34-26(33)22-10-8-20(9-11-22)21-12-14-23(15-13-21)27(29,30)31/h1,3,5,12-15,19-20,22,25H,2,4,6-11,16-17H2/b3-1+,24-5?. The van der Waals surface area contributed by atoms with Gasteiger partial charge >= 0.3 is 12.1 Å². The van der Waals surface area contributed by atoms with E-state index in [4.69, 9.17) is 10.00 Å². The van der Waals surface area contributed by atoms with Gasteiger partial charge in [-0.15, -0.1) is 0 Å². The minimum Gasteiger partial charge on any atom is -0.462 e. The van der Waals surface area contributed by atoms with E-state index in [1.165, 1.54) is 6.07 Å². The highest BCUT2D eigenvalue weighted by atomic mass is 19.4. The number of hydrogen-bond acceptors (Lipinski definition) is 3. The van der Waals surface area contributed by atoms with Crippen molar-refractivity contribution < 1.29 is 27.1 Å². The van der Waals surface area contributed by atoms with Crippen LogP contribution in [0.3, 0.4) is 0 Å². The predicted octanol–water partition coefficient (Wildman–Crippen LogP) is 7.79. The second-order valence-electron chi connectivity index (χ2n) is 9.38. The Morgan fingerprint density at radius 1 is 1.03 bits per heavy atom. The summed E-state index contributed by atoms with van der Waals surface area (Å²) in [7, 11) is 0. The van der Waals surface area contributed by atoms with Gasteiger partial charge in [-0.2, -0.15) is 22.8 Å². The molecule has 2 fully saturated rings. The van der Waals surface area contributed by atoms with E-state index in [1.807, 2.05) is 6.08 Å². The summed E-state index contributed by atoms with van der Waals surface area (Å²) >= 11 is 0. The van der Waals surface area contributed by atoms with E-state index in [0.717, 1.165) is 75.1 Å². The lowest BCUT2D eigenvalue weighted by atomic mass is 9.78. The number of esters is 1. The van der Waals surface area contributed by atoms with Crippen LogP contribution >= 0.6 is 0 Å². The van der Waals surface area contributed by atoms with Crippen molar-refractivity contribution in [2.45, 2.75) is 82.4 Å². The van der Waals surface area contributed by atoms with Gasteiger partial charge < -0.3 is 4.74 Å². The molecule has 184 valence electrons. The fourth-order valence-electron chi connectivity index (χ4n) is 5.02. The molecule has 7 heteroatoms. The number of nitriles is 1. The van der Waals surface area contributed by atoms with Gasteiger partial charge in [0.05, 0.1) is 11.5 Å². The second kappa shape index (κ2) is 12.2. The minimum absolute atomic E-state index is 0.0420. The molecule has 1 aromatic rings. The van der Waals surface area contributed by atoms with E-state index in [9.17, 15) is 22.4 Å². The Labute approximate surface area is 198 Å². The second-order valence-corrected chi connectivity index (χ2v) is 9.38. The molecule has 0 bridgehead atoms. The van der Waals surface area contributed by atoms with Crippen LogP contribution in [-0.4, -0.2) is 12.1 Å². The smallest absolute Gasteiger partial charge is 0.416 e. The lowest BCUT2D eigenvalue weighted by Crippen LogP contribution is -2.29. The van der Waals surface area contributed by atoms with Gasteiger partial charge in [-0.1, -0.05) is 24.3 Å². The molecule has 1 aromatic carbocycles. The van der Waals surface area contributed by atoms with Crippen molar-refractivity contribution in [2.24, 2.45) is 11.8 Å². The maximum Gasteiger partial charge on any atom is 0.416 e. The maximum atomic E-state index is 12.8. The van der Waals surface area contributed by atoms with Crippen LogP contribution in [0.25, 0.3) is 0 Å². The number of alkyl halides is 3. The first kappa shape index (κ1) is 26.0. The van der Waals surface area contributed by atoms with Crippen molar-refractivity contribution in [3.05, 3.63) is 59.4 Å². The van der Waals surface area contributed by atoms with Crippen molar-refractivity contribution in [2.75, 3.05) is 0 Å². The Morgan fingerprint density at radius 3 is 2.26 bits per heavy atom. The third-order valence-electron chi connectivity index (χ3n) is 7.07. The highest BCUT2D eigenvalue weighted by Crippen LogP contribution is 2.38. The lowest BCUT2D eigenvalue weighted by molar-refractivity contribution is -0.157. The number of ether oxygens (including phenoxy) is 1. The first-order valence-electron chi connectivity index (χ1n) is 12.1. The minimum atomic E-state index is -4.33. The number of nitrogens with zero attached hydrogens (tertiary/aromatic N) is 1. The molecule has 34 heavy (non-hydrogen) atoms. The summed E-state index contributed by atoms with van der Waals surface area (Å²) < 4.78 is 56.8. The van der Waals surface area contributed by atoms with Crippen molar-refractivity contribution in [3.63, 3.8) is 0 Å². The Hall–Kier alpha value is -2.62. The number of rotatable bonds is 7. The molecule has 2 saturated carbocycles. The maximum absolute atomic E-state index is 12.8. The zero-order valence-corrected chi connectivity index (χ0v) is 19.2. The zero-order valence-electron chi connectivity index (χ0n) is 19.2. The highest BCUT2D eigenvalue weighted by molar-refractivity contribution is 5.72. The van der Waals surface area contributed by atoms with Gasteiger partial charge in [-0.05, 0) is 99.8 Å². The van der Waals surface area contributed by atoms with Gasteiger partial charge in [0.2, 0.25) is 0 Å². The van der Waals surface area contributed by atoms with Crippen LogP contribution in [0.1, 0.15) is 81.3 Å². The number of benzene rings is 1. The largest absolute Gasteiger partial charge is 0.462 e. The van der Waals surface area contributed by atoms with Crippen molar-refractivity contribution in [3.8, 4) is 6.07 Å². The monoisotopic (exact) mass is 477 g/mol. The first-order valence-corrected chi connectivity index (χ1v) is 12.1. The fraction of sp³-hybridized carbons (Fsp3) is 0.556. The van der Waals surface area contributed by atoms with Crippen LogP contribution in [0, 0.1) is 23.2 Å². The Morgan fingerprint density at radius 2 is 1.68 bits per heavy atom. The molecule has 0 unspecified atom stereocenters. The SMILES string of the molecule is N#CC(F)=C/C=C/CCC1CCC(OC(=O)C2CCC(c3ccc(C(F)(F)F)cc3)CC2)CC1. The predicted molar refractivity (Wildman–Crippen MR) is 121 cm³/mol. The average molecular weight is 478 g/mol. The number of carbonyl (C=O) groups excluding carboxylic acids is 1. The number of hydrogen-bond donors (Lipinski definition) is 0. The van der Waals surface area contributed by atoms with Crippen LogP contribution < -0.4 is 0 Å². The third-order valence-corrected chi connectivity index (χ3v) is 7.07. The molecule has 0 aliphatic heterocycles. The molecule has 0 amide bonds. The van der Waals surface area contributed by atoms with Gasteiger partial charge in [0.15, 0.2) is 5.83 Å². The molecule has 3 nitrogen and oxygen atoms in total. The third kappa shape index (κ3) is 7.72. The van der Waals surface area contributed by atoms with Crippen molar-refractivity contribution in [1.29, 1.82) is 5.26 Å². The molecular weight excluding hydrogens is 446 g/mol. The number of carbonyl (C=O) groups is 1. The Kier molecular flexibility index (Phi) is 9.32. The topological polar surface area (TPSA) is 50.1 Å². The van der Waals surface area contributed by atoms with Crippen LogP contribution in [0.5, 0.6) is 0 Å². The number of halogens is 4. The zero-order chi connectivity index (χ0) is 24.6. The summed E-state index contributed by atoms with van der Waals surface area (Å²) in [4.78, 5) is 12.7. The van der Waals surface area contributed by atoms with Crippen LogP contribution in [-0.2, 0) is 15.7 Å². The molecule has 0 heterocycles. The molecule has 0 saturated heterocycles. The summed E-state index contributed by atoms with van der Waals surface area (Å²) in [5, 5.41) is 8.36. The molecule has 0 radical (unpaired) electrons. The van der Waals surface area contributed by atoms with Gasteiger partial charge in [-0.25, -0.2) is 0 Å². The van der Waals surface area contributed by atoms with Gasteiger partial charge in [0.25, 0.3) is 0 Å². The summed E-state index contributed by atoms with van der Waals surface area (Å²) in [6, 6.07) is 6.81. The van der Waals surface area contributed by atoms with Crippen LogP contribution in [0.4, 0.5) is 17.6 Å². The van der Waals surface area contributed by atoms with E-state index in [-0.39, 0.29) is 23.9 Å². The van der Waals surface area contributed by atoms with Crippen molar-refractivity contribution >= 4 is 5.97 Å². The fourth-order valence-corrected chi connectivity index (χ4v) is 5.02. The van der Waals surface area contributed by atoms with Gasteiger partial charge in [0.1, 0.15) is 12.2 Å². The molecule has 0 atom stereocenters. The van der Waals surface area contributed by atoms with Gasteiger partial charge in [0, 0.05) is 0 Å². The summed E-state index contributed by atoms with van der Waals surface area (Å²) in [6.07, 6.45) is 8.69. The molecule has 2 aliphatic rings. The van der Waals surface area contributed by atoms with Crippen LogP contribution in [0.2, 0.25) is 0 Å². The molecule has 2 aliphatic carbocycles. The van der Waals surface area contributed by atoms with E-state index in [2.05, 4.69) is 0 Å².